The van der Waals surface area contributed by atoms with E-state index in [1.807, 2.05) is 12.1 Å². The first-order valence-corrected chi connectivity index (χ1v) is 10.2. The average molecular weight is 401 g/mol. The van der Waals surface area contributed by atoms with Gasteiger partial charge in [-0.2, -0.15) is 0 Å². The Morgan fingerprint density at radius 3 is 2.52 bits per heavy atom. The van der Waals surface area contributed by atoms with Crippen LogP contribution in [0.15, 0.2) is 58.3 Å². The maximum atomic E-state index is 13.1. The minimum Gasteiger partial charge on any atom is -0.439 e. The number of nitrogens with zero attached hydrogens (tertiary/aromatic N) is 2. The van der Waals surface area contributed by atoms with Crippen molar-refractivity contribution in [3.05, 3.63) is 75.9 Å². The molecule has 3 nitrogen and oxygen atoms in total. The number of ether oxygens (including phenoxy) is 1. The van der Waals surface area contributed by atoms with Crippen LogP contribution in [-0.2, 0) is 0 Å². The van der Waals surface area contributed by atoms with Crippen LogP contribution in [0.25, 0.3) is 0 Å². The number of aryl methyl sites for hydroxylation is 1. The Balaban J connectivity index is 1.93. The van der Waals surface area contributed by atoms with Crippen LogP contribution >= 0.6 is 23.3 Å². The van der Waals surface area contributed by atoms with Crippen LogP contribution in [0.1, 0.15) is 36.9 Å². The Kier molecular flexibility index (Phi) is 5.97. The summed E-state index contributed by atoms with van der Waals surface area (Å²) >= 11 is 3.21. The molecule has 0 aliphatic rings. The fraction of sp³-hybridized carbons (Fsp3) is 0.238. The lowest BCUT2D eigenvalue weighted by molar-refractivity contribution is 0.461. The van der Waals surface area contributed by atoms with E-state index in [0.717, 1.165) is 17.0 Å². The molecule has 6 heteroatoms. The van der Waals surface area contributed by atoms with Crippen LogP contribution in [0.4, 0.5) is 4.39 Å². The van der Waals surface area contributed by atoms with Crippen molar-refractivity contribution >= 4 is 29.0 Å². The summed E-state index contributed by atoms with van der Waals surface area (Å²) in [6.07, 6.45) is 0. The summed E-state index contributed by atoms with van der Waals surface area (Å²) in [5.41, 5.74) is 2.61. The first-order valence-electron chi connectivity index (χ1n) is 8.53. The predicted octanol–water partition coefficient (Wildman–Crippen LogP) is 6.67. The van der Waals surface area contributed by atoms with Crippen molar-refractivity contribution in [2.45, 2.75) is 32.4 Å². The molecule has 0 saturated carbocycles. The third kappa shape index (κ3) is 5.65. The Bertz CT molecular complexity index is 943. The largest absolute Gasteiger partial charge is 0.439 e. The molecule has 0 N–H and O–H groups in total. The number of hydrogen-bond donors (Lipinski definition) is 0. The van der Waals surface area contributed by atoms with Crippen molar-refractivity contribution in [1.29, 1.82) is 0 Å². The zero-order valence-electron chi connectivity index (χ0n) is 15.7. The normalized spacial score (nSPS) is 12.3. The highest BCUT2D eigenvalue weighted by atomic mass is 32.2. The van der Waals surface area contributed by atoms with Gasteiger partial charge in [-0.05, 0) is 76.0 Å². The maximum absolute atomic E-state index is 13.1. The van der Waals surface area contributed by atoms with Crippen LogP contribution in [-0.4, -0.2) is 15.4 Å². The molecule has 0 aliphatic heterocycles. The minimum absolute atomic E-state index is 0.00145. The molecule has 1 aromatic carbocycles. The van der Waals surface area contributed by atoms with Crippen LogP contribution in [0.5, 0.6) is 11.6 Å². The van der Waals surface area contributed by atoms with E-state index in [0.29, 0.717) is 11.6 Å². The Labute approximate surface area is 167 Å². The van der Waals surface area contributed by atoms with Crippen molar-refractivity contribution in [3.63, 3.8) is 0 Å². The first-order chi connectivity index (χ1) is 12.8. The number of aromatic nitrogens is 1. The van der Waals surface area contributed by atoms with Gasteiger partial charge in [0.2, 0.25) is 5.88 Å². The average Bonchev–Trinajstić information content (AvgIpc) is 3.03. The smallest absolute Gasteiger partial charge is 0.219 e. The molecule has 140 valence electrons. The number of rotatable bonds is 5. The molecule has 27 heavy (non-hydrogen) atoms. The molecule has 0 atom stereocenters. The summed E-state index contributed by atoms with van der Waals surface area (Å²) < 4.78 is 23.6. The lowest BCUT2D eigenvalue weighted by Gasteiger charge is -2.14. The summed E-state index contributed by atoms with van der Waals surface area (Å²) in [5, 5.41) is 2.09. The summed E-state index contributed by atoms with van der Waals surface area (Å²) in [7, 11) is 0. The highest BCUT2D eigenvalue weighted by molar-refractivity contribution is 7.99. The van der Waals surface area contributed by atoms with Gasteiger partial charge >= 0.3 is 0 Å². The number of halogens is 1. The van der Waals surface area contributed by atoms with E-state index in [9.17, 15) is 4.39 Å². The van der Waals surface area contributed by atoms with E-state index in [4.69, 9.17) is 9.13 Å². The number of pyridine rings is 1. The summed E-state index contributed by atoms with van der Waals surface area (Å²) in [6.45, 7) is 8.45. The monoisotopic (exact) mass is 400 g/mol. The SMILES string of the molecule is Cc1cc(/C(=N\SC(C)(C)C)c2cccc(Oc3ccc(F)cc3)n2)cs1. The van der Waals surface area contributed by atoms with Gasteiger partial charge in [-0.1, -0.05) is 6.07 Å². The quantitative estimate of drug-likeness (QED) is 0.354. The topological polar surface area (TPSA) is 34.5 Å². The summed E-state index contributed by atoms with van der Waals surface area (Å²) in [5.74, 6) is 0.681. The molecule has 0 unspecified atom stereocenters. The lowest BCUT2D eigenvalue weighted by atomic mass is 10.1. The highest BCUT2D eigenvalue weighted by Gasteiger charge is 2.16. The molecule has 3 aromatic rings. The fourth-order valence-electron chi connectivity index (χ4n) is 2.22. The molecule has 0 amide bonds. The van der Waals surface area contributed by atoms with Crippen LogP contribution in [0.3, 0.4) is 0 Å². The zero-order chi connectivity index (χ0) is 19.4. The standard InChI is InChI=1S/C21H21FN2OS2/c1-14-12-15(13-26-14)20(24-27-21(2,3)4)18-6-5-7-19(23-18)25-17-10-8-16(22)9-11-17/h5-13H,1-4H3/b24-20+. The molecule has 2 aromatic heterocycles. The maximum Gasteiger partial charge on any atom is 0.219 e. The second-order valence-electron chi connectivity index (χ2n) is 7.01. The van der Waals surface area contributed by atoms with Gasteiger partial charge in [0, 0.05) is 26.6 Å². The number of thiophene rings is 1. The summed E-state index contributed by atoms with van der Waals surface area (Å²) in [4.78, 5) is 5.84. The van der Waals surface area contributed by atoms with Gasteiger partial charge in [0.05, 0.1) is 5.69 Å². The highest BCUT2D eigenvalue weighted by Crippen LogP contribution is 2.28. The number of benzene rings is 1. The van der Waals surface area contributed by atoms with Crippen LogP contribution < -0.4 is 4.74 Å². The van der Waals surface area contributed by atoms with Crippen molar-refractivity contribution in [2.75, 3.05) is 0 Å². The van der Waals surface area contributed by atoms with Crippen molar-refractivity contribution < 1.29 is 9.13 Å². The molecule has 0 saturated heterocycles. The molecule has 0 fully saturated rings. The Hall–Kier alpha value is -2.18. The molecular formula is C21H21FN2OS2. The Morgan fingerprint density at radius 2 is 1.89 bits per heavy atom. The van der Waals surface area contributed by atoms with Gasteiger partial charge in [-0.25, -0.2) is 13.8 Å². The van der Waals surface area contributed by atoms with E-state index in [-0.39, 0.29) is 10.6 Å². The van der Waals surface area contributed by atoms with E-state index < -0.39 is 0 Å². The van der Waals surface area contributed by atoms with Gasteiger partial charge in [-0.3, -0.25) is 0 Å². The molecule has 0 spiro atoms. The van der Waals surface area contributed by atoms with Gasteiger partial charge in [-0.15, -0.1) is 11.3 Å². The second kappa shape index (κ2) is 8.23. The zero-order valence-corrected chi connectivity index (χ0v) is 17.3. The first kappa shape index (κ1) is 19.6. The van der Waals surface area contributed by atoms with E-state index in [1.54, 1.807) is 29.5 Å². The molecule has 0 aliphatic carbocycles. The van der Waals surface area contributed by atoms with Gasteiger partial charge < -0.3 is 4.74 Å². The minimum atomic E-state index is -0.300. The molecule has 0 radical (unpaired) electrons. The van der Waals surface area contributed by atoms with Crippen molar-refractivity contribution in [3.8, 4) is 11.6 Å². The second-order valence-corrected chi connectivity index (χ2v) is 9.71. The van der Waals surface area contributed by atoms with E-state index >= 15 is 0 Å². The number of hydrogen-bond acceptors (Lipinski definition) is 5. The van der Waals surface area contributed by atoms with E-state index in [2.05, 4.69) is 44.1 Å². The molecule has 3 rings (SSSR count). The van der Waals surface area contributed by atoms with Crippen LogP contribution in [0.2, 0.25) is 0 Å². The summed E-state index contributed by atoms with van der Waals surface area (Å²) in [6, 6.07) is 13.6. The van der Waals surface area contributed by atoms with Gasteiger partial charge in [0.25, 0.3) is 0 Å². The van der Waals surface area contributed by atoms with Crippen molar-refractivity contribution in [2.24, 2.45) is 4.40 Å². The van der Waals surface area contributed by atoms with Crippen LogP contribution in [0, 0.1) is 12.7 Å². The predicted molar refractivity (Wildman–Crippen MR) is 113 cm³/mol. The fourth-order valence-corrected chi connectivity index (χ4v) is 3.48. The molecule has 2 heterocycles. The lowest BCUT2D eigenvalue weighted by Crippen LogP contribution is -2.09. The third-order valence-electron chi connectivity index (χ3n) is 3.42. The molecule has 0 bridgehead atoms. The molecular weight excluding hydrogens is 379 g/mol. The third-order valence-corrected chi connectivity index (χ3v) is 5.10. The van der Waals surface area contributed by atoms with Gasteiger partial charge in [0.1, 0.15) is 17.3 Å². The Morgan fingerprint density at radius 1 is 1.15 bits per heavy atom. The van der Waals surface area contributed by atoms with E-state index in [1.165, 1.54) is 29.0 Å². The van der Waals surface area contributed by atoms with Crippen molar-refractivity contribution in [1.82, 2.24) is 4.98 Å². The van der Waals surface area contributed by atoms with Gasteiger partial charge in [0.15, 0.2) is 0 Å².